The Labute approximate surface area is 148 Å². The number of thioether (sulfide) groups is 2. The molecule has 8 heteroatoms. The van der Waals surface area contributed by atoms with Gasteiger partial charge in [-0.05, 0) is 41.3 Å². The lowest BCUT2D eigenvalue weighted by Gasteiger charge is -2.13. The highest BCUT2D eigenvalue weighted by atomic mass is 32.2. The number of hydrogen-bond acceptors (Lipinski definition) is 8. The van der Waals surface area contributed by atoms with Crippen molar-refractivity contribution in [2.24, 2.45) is 4.99 Å². The molecule has 0 saturated carbocycles. The lowest BCUT2D eigenvalue weighted by molar-refractivity contribution is -0.132. The minimum Gasteiger partial charge on any atom is -0.493 e. The van der Waals surface area contributed by atoms with E-state index in [1.165, 1.54) is 32.9 Å². The number of nitrogens with zero attached hydrogens (tertiary/aromatic N) is 1. The zero-order valence-corrected chi connectivity index (χ0v) is 15.4. The van der Waals surface area contributed by atoms with Crippen molar-refractivity contribution >= 4 is 45.1 Å². The molecule has 0 saturated heterocycles. The van der Waals surface area contributed by atoms with Crippen molar-refractivity contribution in [2.45, 2.75) is 13.8 Å². The molecule has 0 radical (unpaired) electrons. The molecule has 0 fully saturated rings. The Bertz CT molecular complexity index is 702. The first-order valence-corrected chi connectivity index (χ1v) is 8.88. The van der Waals surface area contributed by atoms with E-state index in [2.05, 4.69) is 4.99 Å². The second-order valence-corrected chi connectivity index (χ2v) is 7.05. The van der Waals surface area contributed by atoms with Gasteiger partial charge < -0.3 is 14.2 Å². The number of aliphatic imine (C=N–C) groups is 1. The summed E-state index contributed by atoms with van der Waals surface area (Å²) in [6.45, 7) is 3.30. The van der Waals surface area contributed by atoms with Crippen LogP contribution in [0.4, 0.5) is 0 Å². The number of benzene rings is 1. The van der Waals surface area contributed by atoms with Gasteiger partial charge in [-0.15, -0.1) is 0 Å². The van der Waals surface area contributed by atoms with E-state index < -0.39 is 5.97 Å². The molecule has 2 rings (SSSR count). The van der Waals surface area contributed by atoms with Crippen LogP contribution in [-0.2, 0) is 9.59 Å². The molecule has 0 N–H and O–H groups in total. The second-order valence-electron chi connectivity index (χ2n) is 4.58. The van der Waals surface area contributed by atoms with Gasteiger partial charge in [0.25, 0.3) is 0 Å². The van der Waals surface area contributed by atoms with Gasteiger partial charge in [-0.3, -0.25) is 9.59 Å². The molecule has 6 nitrogen and oxygen atoms in total. The number of esters is 1. The van der Waals surface area contributed by atoms with Crippen LogP contribution >= 0.6 is 23.5 Å². The molecule has 24 heavy (non-hydrogen) atoms. The van der Waals surface area contributed by atoms with Crippen molar-refractivity contribution in [2.75, 3.05) is 20.0 Å². The molecule has 0 bridgehead atoms. The van der Waals surface area contributed by atoms with Gasteiger partial charge in [-0.1, -0.05) is 18.7 Å². The molecule has 0 amide bonds. The predicted molar refractivity (Wildman–Crippen MR) is 97.0 cm³/mol. The molecule has 0 unspecified atom stereocenters. The van der Waals surface area contributed by atoms with Gasteiger partial charge >= 0.3 is 5.97 Å². The summed E-state index contributed by atoms with van der Waals surface area (Å²) in [5, 5.41) is -0.104. The third-order valence-electron chi connectivity index (χ3n) is 2.90. The molecule has 1 aromatic carbocycles. The fourth-order valence-electron chi connectivity index (χ4n) is 1.96. The predicted octanol–water partition coefficient (Wildman–Crippen LogP) is 3.35. The molecule has 1 aliphatic rings. The summed E-state index contributed by atoms with van der Waals surface area (Å²) in [4.78, 5) is 27.6. The van der Waals surface area contributed by atoms with Crippen molar-refractivity contribution in [3.8, 4) is 17.2 Å². The maximum absolute atomic E-state index is 12.0. The van der Waals surface area contributed by atoms with Crippen LogP contribution in [0.1, 0.15) is 19.4 Å². The highest BCUT2D eigenvalue weighted by Gasteiger charge is 2.23. The Hall–Kier alpha value is -1.93. The summed E-state index contributed by atoms with van der Waals surface area (Å²) in [6.07, 6.45) is 1.65. The first-order valence-electron chi connectivity index (χ1n) is 7.08. The molecule has 1 aliphatic heterocycles. The van der Waals surface area contributed by atoms with Gasteiger partial charge in [0.05, 0.1) is 14.2 Å². The number of rotatable bonds is 5. The molecule has 0 spiro atoms. The number of ether oxygens (including phenoxy) is 3. The normalized spacial score (nSPS) is 15.4. The fraction of sp³-hybridized carbons (Fsp3) is 0.312. The Morgan fingerprint density at radius 3 is 2.42 bits per heavy atom. The van der Waals surface area contributed by atoms with Crippen molar-refractivity contribution in [1.29, 1.82) is 0 Å². The van der Waals surface area contributed by atoms with Gasteiger partial charge in [0.2, 0.25) is 10.9 Å². The van der Waals surface area contributed by atoms with Crippen molar-refractivity contribution in [1.82, 2.24) is 0 Å². The molecular weight excluding hydrogens is 350 g/mol. The summed E-state index contributed by atoms with van der Waals surface area (Å²) in [6, 6.07) is 3.32. The average Bonchev–Trinajstić information content (AvgIpc) is 2.87. The Morgan fingerprint density at radius 1 is 1.29 bits per heavy atom. The van der Waals surface area contributed by atoms with Gasteiger partial charge in [-0.25, -0.2) is 4.99 Å². The van der Waals surface area contributed by atoms with E-state index in [9.17, 15) is 9.59 Å². The van der Waals surface area contributed by atoms with E-state index in [4.69, 9.17) is 14.2 Å². The first kappa shape index (κ1) is 18.4. The number of carbonyl (C=O) groups is 2. The van der Waals surface area contributed by atoms with Crippen LogP contribution in [0.25, 0.3) is 6.08 Å². The van der Waals surface area contributed by atoms with Gasteiger partial charge in [0.1, 0.15) is 10.1 Å². The van der Waals surface area contributed by atoms with Crippen LogP contribution in [0.15, 0.2) is 22.8 Å². The molecule has 1 heterocycles. The first-order chi connectivity index (χ1) is 11.5. The zero-order valence-electron chi connectivity index (χ0n) is 13.7. The quantitative estimate of drug-likeness (QED) is 0.449. The van der Waals surface area contributed by atoms with Crippen molar-refractivity contribution in [3.63, 3.8) is 0 Å². The number of hydrogen-bond donors (Lipinski definition) is 0. The van der Waals surface area contributed by atoms with Crippen LogP contribution in [0.5, 0.6) is 17.2 Å². The van der Waals surface area contributed by atoms with Crippen molar-refractivity contribution in [3.05, 3.63) is 23.4 Å². The van der Waals surface area contributed by atoms with Gasteiger partial charge in [0.15, 0.2) is 11.5 Å². The van der Waals surface area contributed by atoms with E-state index in [1.807, 2.05) is 6.92 Å². The smallest absolute Gasteiger partial charge is 0.308 e. The van der Waals surface area contributed by atoms with Crippen LogP contribution in [0.2, 0.25) is 0 Å². The second kappa shape index (κ2) is 8.25. The van der Waals surface area contributed by atoms with Crippen LogP contribution in [0, 0.1) is 0 Å². The minimum atomic E-state index is -0.481. The molecule has 1 aromatic rings. The number of carbonyl (C=O) groups excluding carboxylic acids is 2. The van der Waals surface area contributed by atoms with E-state index in [1.54, 1.807) is 18.2 Å². The van der Waals surface area contributed by atoms with Crippen LogP contribution in [0.3, 0.4) is 0 Å². The molecule has 128 valence electrons. The summed E-state index contributed by atoms with van der Waals surface area (Å²) in [5.74, 6) is 1.24. The molecule has 0 aromatic heterocycles. The third-order valence-corrected chi connectivity index (χ3v) is 4.79. The highest BCUT2D eigenvalue weighted by Crippen LogP contribution is 2.40. The van der Waals surface area contributed by atoms with E-state index in [0.29, 0.717) is 22.8 Å². The van der Waals surface area contributed by atoms with Gasteiger partial charge in [-0.2, -0.15) is 0 Å². The largest absolute Gasteiger partial charge is 0.493 e. The zero-order chi connectivity index (χ0) is 17.7. The van der Waals surface area contributed by atoms with Crippen LogP contribution < -0.4 is 14.2 Å². The highest BCUT2D eigenvalue weighted by molar-refractivity contribution is 8.45. The average molecular weight is 367 g/mol. The van der Waals surface area contributed by atoms with Gasteiger partial charge in [0, 0.05) is 6.92 Å². The maximum atomic E-state index is 12.0. The Balaban J connectivity index is 2.43. The monoisotopic (exact) mass is 367 g/mol. The standard InChI is InChI=1S/C16H17NO5S2/c1-5-23-16-17-11(15(19)24-16)6-10-7-12(20-3)14(22-9(2)18)13(8-10)21-4/h6-8H,5H2,1-4H3/b11-6-. The molecule has 0 aliphatic carbocycles. The summed E-state index contributed by atoms with van der Waals surface area (Å²) in [7, 11) is 2.92. The topological polar surface area (TPSA) is 74.2 Å². The van der Waals surface area contributed by atoms with Crippen LogP contribution in [-0.4, -0.2) is 35.4 Å². The van der Waals surface area contributed by atoms with E-state index in [-0.39, 0.29) is 10.9 Å². The van der Waals surface area contributed by atoms with E-state index in [0.717, 1.165) is 21.9 Å². The Kier molecular flexibility index (Phi) is 6.33. The summed E-state index contributed by atoms with van der Waals surface area (Å²) in [5.41, 5.74) is 1.02. The summed E-state index contributed by atoms with van der Waals surface area (Å²) >= 11 is 2.65. The maximum Gasteiger partial charge on any atom is 0.308 e. The Morgan fingerprint density at radius 2 is 1.92 bits per heavy atom. The lowest BCUT2D eigenvalue weighted by atomic mass is 10.1. The third kappa shape index (κ3) is 4.33. The minimum absolute atomic E-state index is 0.104. The lowest BCUT2D eigenvalue weighted by Crippen LogP contribution is -2.05. The SMILES string of the molecule is CCSC1=N/C(=C\c2cc(OC)c(OC(C)=O)c(OC)c2)C(=O)S1. The van der Waals surface area contributed by atoms with Crippen molar-refractivity contribution < 1.29 is 23.8 Å². The van der Waals surface area contributed by atoms with E-state index >= 15 is 0 Å². The molecular formula is C16H17NO5S2. The molecule has 0 atom stereocenters. The fourth-order valence-corrected chi connectivity index (χ4v) is 3.70. The number of methoxy groups -OCH3 is 2. The summed E-state index contributed by atoms with van der Waals surface area (Å²) < 4.78 is 16.4.